The van der Waals surface area contributed by atoms with Gasteiger partial charge >= 0.3 is 0 Å². The molecule has 6 nitrogen and oxygen atoms in total. The third-order valence-corrected chi connectivity index (χ3v) is 5.50. The van der Waals surface area contributed by atoms with Crippen LogP contribution in [0.2, 0.25) is 5.15 Å². The molecule has 1 saturated heterocycles. The van der Waals surface area contributed by atoms with Crippen LogP contribution < -0.4 is 0 Å². The lowest BCUT2D eigenvalue weighted by Gasteiger charge is -2.24. The molecule has 0 aliphatic carbocycles. The van der Waals surface area contributed by atoms with Crippen molar-refractivity contribution in [1.29, 1.82) is 0 Å². The van der Waals surface area contributed by atoms with Crippen molar-refractivity contribution in [3.8, 4) is 0 Å². The van der Waals surface area contributed by atoms with E-state index in [2.05, 4.69) is 4.98 Å². The summed E-state index contributed by atoms with van der Waals surface area (Å²) in [5.74, 6) is 0. The fourth-order valence-corrected chi connectivity index (χ4v) is 4.54. The zero-order valence-corrected chi connectivity index (χ0v) is 11.6. The van der Waals surface area contributed by atoms with Crippen molar-refractivity contribution in [3.63, 3.8) is 0 Å². The molecule has 3 heterocycles. The number of fused-ring (bicyclic) bond motifs is 1. The summed E-state index contributed by atoms with van der Waals surface area (Å²) in [6.07, 6.45) is 3.28. The third kappa shape index (κ3) is 1.84. The number of thiazole rings is 1. The summed E-state index contributed by atoms with van der Waals surface area (Å²) in [5, 5.41) is 1.72. The topological polar surface area (TPSA) is 63.9 Å². The van der Waals surface area contributed by atoms with Crippen molar-refractivity contribution < 1.29 is 13.3 Å². The summed E-state index contributed by atoms with van der Waals surface area (Å²) < 4.78 is 27.4. The highest BCUT2D eigenvalue weighted by atomic mass is 35.5. The van der Waals surface area contributed by atoms with E-state index in [0.717, 1.165) is 17.3 Å². The first-order valence-corrected chi connectivity index (χ1v) is 8.07. The number of sulfonamides is 1. The van der Waals surface area contributed by atoms with E-state index >= 15 is 0 Å². The highest BCUT2D eigenvalue weighted by molar-refractivity contribution is 7.89. The summed E-state index contributed by atoms with van der Waals surface area (Å²) in [6, 6.07) is 0. The standard InChI is InChI=1S/C9H10ClN3O3S2/c10-7-8(12-4-6-17-9(12)11-7)18(14,15)13-3-1-2-5-16-13/h4,6H,1-3,5H2. The average Bonchev–Trinajstić information content (AvgIpc) is 2.89. The minimum atomic E-state index is -3.76. The predicted octanol–water partition coefficient (Wildman–Crippen LogP) is 1.77. The number of imidazole rings is 1. The summed E-state index contributed by atoms with van der Waals surface area (Å²) in [5.41, 5.74) is 0. The molecule has 9 heteroatoms. The lowest BCUT2D eigenvalue weighted by Crippen LogP contribution is -2.36. The predicted molar refractivity (Wildman–Crippen MR) is 67.2 cm³/mol. The van der Waals surface area contributed by atoms with Crippen LogP contribution in [0, 0.1) is 0 Å². The van der Waals surface area contributed by atoms with E-state index in [0.29, 0.717) is 18.1 Å². The molecule has 0 N–H and O–H groups in total. The number of nitrogens with zero attached hydrogens (tertiary/aromatic N) is 3. The number of rotatable bonds is 2. The van der Waals surface area contributed by atoms with E-state index in [4.69, 9.17) is 16.4 Å². The van der Waals surface area contributed by atoms with Gasteiger partial charge in [-0.05, 0) is 12.8 Å². The summed E-state index contributed by atoms with van der Waals surface area (Å²) in [7, 11) is -3.76. The van der Waals surface area contributed by atoms with Crippen molar-refractivity contribution in [2.75, 3.05) is 13.2 Å². The smallest absolute Gasteiger partial charge is 0.284 e. The first-order chi connectivity index (χ1) is 8.60. The van der Waals surface area contributed by atoms with Gasteiger partial charge in [-0.3, -0.25) is 9.24 Å². The molecule has 0 aromatic carbocycles. The van der Waals surface area contributed by atoms with Gasteiger partial charge in [0.05, 0.1) is 6.61 Å². The highest BCUT2D eigenvalue weighted by Crippen LogP contribution is 2.29. The van der Waals surface area contributed by atoms with Gasteiger partial charge in [-0.15, -0.1) is 11.3 Å². The fraction of sp³-hybridized carbons (Fsp3) is 0.444. The Morgan fingerprint density at radius 2 is 2.28 bits per heavy atom. The Labute approximate surface area is 113 Å². The zero-order valence-electron chi connectivity index (χ0n) is 9.24. The van der Waals surface area contributed by atoms with Crippen LogP contribution >= 0.6 is 22.9 Å². The molecule has 0 amide bonds. The van der Waals surface area contributed by atoms with Crippen LogP contribution in [0.5, 0.6) is 0 Å². The summed E-state index contributed by atoms with van der Waals surface area (Å²) in [6.45, 7) is 0.748. The molecular formula is C9H10ClN3O3S2. The Bertz CT molecular complexity index is 672. The first-order valence-electron chi connectivity index (χ1n) is 5.37. The lowest BCUT2D eigenvalue weighted by molar-refractivity contribution is -0.109. The van der Waals surface area contributed by atoms with E-state index in [1.165, 1.54) is 15.7 Å². The number of hydrogen-bond acceptors (Lipinski definition) is 5. The molecule has 1 fully saturated rings. The third-order valence-electron chi connectivity index (χ3n) is 2.66. The molecule has 0 bridgehead atoms. The van der Waals surface area contributed by atoms with Gasteiger partial charge in [-0.2, -0.15) is 0 Å². The Hall–Kier alpha value is -0.670. The Morgan fingerprint density at radius 1 is 1.44 bits per heavy atom. The second kappa shape index (κ2) is 4.46. The zero-order chi connectivity index (χ0) is 12.8. The van der Waals surface area contributed by atoms with E-state index in [1.807, 2.05) is 0 Å². The molecule has 18 heavy (non-hydrogen) atoms. The summed E-state index contributed by atoms with van der Waals surface area (Å²) in [4.78, 5) is 9.77. The van der Waals surface area contributed by atoms with Crippen LogP contribution in [0.4, 0.5) is 0 Å². The van der Waals surface area contributed by atoms with E-state index in [9.17, 15) is 8.42 Å². The normalized spacial score (nSPS) is 18.5. The SMILES string of the molecule is O=S(=O)(c1c(Cl)nc2sccn12)N1CCCCO1. The summed E-state index contributed by atoms with van der Waals surface area (Å²) >= 11 is 7.25. The van der Waals surface area contributed by atoms with E-state index < -0.39 is 10.0 Å². The quantitative estimate of drug-likeness (QED) is 0.848. The Balaban J connectivity index is 2.12. The molecule has 2 aromatic heterocycles. The minimum Gasteiger partial charge on any atom is -0.284 e. The molecular weight excluding hydrogens is 298 g/mol. The Kier molecular flexibility index (Phi) is 3.07. The molecule has 0 radical (unpaired) electrons. The van der Waals surface area contributed by atoms with Gasteiger partial charge in [-0.25, -0.2) is 13.4 Å². The van der Waals surface area contributed by atoms with Gasteiger partial charge in [0.2, 0.25) is 0 Å². The second-order valence-corrected chi connectivity index (χ2v) is 6.81. The molecule has 1 aliphatic rings. The van der Waals surface area contributed by atoms with Crippen molar-refractivity contribution in [1.82, 2.24) is 13.9 Å². The van der Waals surface area contributed by atoms with Gasteiger partial charge in [0.25, 0.3) is 10.0 Å². The second-order valence-electron chi connectivity index (χ2n) is 3.84. The van der Waals surface area contributed by atoms with Gasteiger partial charge in [0.15, 0.2) is 15.1 Å². The molecule has 1 aliphatic heterocycles. The van der Waals surface area contributed by atoms with Crippen LogP contribution in [0.15, 0.2) is 16.6 Å². The number of hydroxylamine groups is 1. The number of halogens is 1. The minimum absolute atomic E-state index is 0.0176. The lowest BCUT2D eigenvalue weighted by atomic mass is 10.3. The van der Waals surface area contributed by atoms with Crippen LogP contribution in [-0.4, -0.2) is 35.4 Å². The van der Waals surface area contributed by atoms with Crippen LogP contribution in [0.1, 0.15) is 12.8 Å². The highest BCUT2D eigenvalue weighted by Gasteiger charge is 2.33. The van der Waals surface area contributed by atoms with Crippen molar-refractivity contribution in [3.05, 3.63) is 16.7 Å². The fourth-order valence-electron chi connectivity index (χ4n) is 1.83. The molecule has 0 spiro atoms. The van der Waals surface area contributed by atoms with Crippen molar-refractivity contribution in [2.24, 2.45) is 0 Å². The largest absolute Gasteiger partial charge is 0.284 e. The van der Waals surface area contributed by atoms with E-state index in [-0.39, 0.29) is 10.2 Å². The maximum absolute atomic E-state index is 12.4. The van der Waals surface area contributed by atoms with Crippen LogP contribution in [-0.2, 0) is 14.9 Å². The molecule has 0 unspecified atom stereocenters. The van der Waals surface area contributed by atoms with Crippen LogP contribution in [0.3, 0.4) is 0 Å². The molecule has 2 aromatic rings. The molecule has 0 atom stereocenters. The number of aromatic nitrogens is 2. The Morgan fingerprint density at radius 3 is 3.00 bits per heavy atom. The van der Waals surface area contributed by atoms with Gasteiger partial charge in [-0.1, -0.05) is 16.1 Å². The first kappa shape index (κ1) is 12.4. The molecule has 0 saturated carbocycles. The van der Waals surface area contributed by atoms with Crippen LogP contribution in [0.25, 0.3) is 4.96 Å². The number of hydrogen-bond donors (Lipinski definition) is 0. The molecule has 98 valence electrons. The maximum Gasteiger partial charge on any atom is 0.284 e. The monoisotopic (exact) mass is 307 g/mol. The molecule has 3 rings (SSSR count). The van der Waals surface area contributed by atoms with Gasteiger partial charge < -0.3 is 0 Å². The van der Waals surface area contributed by atoms with E-state index in [1.54, 1.807) is 11.6 Å². The van der Waals surface area contributed by atoms with Gasteiger partial charge in [0, 0.05) is 18.1 Å². The maximum atomic E-state index is 12.4. The van der Waals surface area contributed by atoms with Crippen molar-refractivity contribution >= 4 is 37.9 Å². The van der Waals surface area contributed by atoms with Crippen molar-refractivity contribution in [2.45, 2.75) is 17.9 Å². The average molecular weight is 308 g/mol. The van der Waals surface area contributed by atoms with Gasteiger partial charge in [0.1, 0.15) is 0 Å².